The number of carbonyl (C=O) groups is 2. The maximum Gasteiger partial charge on any atom is 0.338 e. The van der Waals surface area contributed by atoms with Crippen molar-refractivity contribution in [3.8, 4) is 0 Å². The van der Waals surface area contributed by atoms with E-state index in [0.29, 0.717) is 24.0 Å². The predicted octanol–water partition coefficient (Wildman–Crippen LogP) is 1.05. The number of benzene rings is 1. The molecule has 1 aromatic carbocycles. The van der Waals surface area contributed by atoms with Gasteiger partial charge in [-0.25, -0.2) is 4.79 Å². The molecule has 0 amide bonds. The Labute approximate surface area is 86.8 Å². The number of ether oxygens (including phenoxy) is 2. The fourth-order valence-corrected chi connectivity index (χ4v) is 1.20. The highest BCUT2D eigenvalue weighted by molar-refractivity contribution is 5.98. The van der Waals surface area contributed by atoms with Crippen LogP contribution in [-0.2, 0) is 9.47 Å². The summed E-state index contributed by atoms with van der Waals surface area (Å²) in [6.45, 7) is 0.897. The molecule has 1 aliphatic rings. The van der Waals surface area contributed by atoms with E-state index < -0.39 is 5.97 Å². The third-order valence-electron chi connectivity index (χ3n) is 2.11. The highest BCUT2D eigenvalue weighted by atomic mass is 16.6. The van der Waals surface area contributed by atoms with Crippen LogP contribution in [0.3, 0.4) is 0 Å². The molecule has 1 saturated heterocycles. The number of rotatable bonds is 4. The van der Waals surface area contributed by atoms with Crippen LogP contribution < -0.4 is 0 Å². The topological polar surface area (TPSA) is 55.9 Å². The molecule has 15 heavy (non-hydrogen) atoms. The zero-order chi connectivity index (χ0) is 10.7. The fraction of sp³-hybridized carbons (Fsp3) is 0.273. The number of aldehydes is 1. The third-order valence-corrected chi connectivity index (χ3v) is 2.11. The first-order valence-electron chi connectivity index (χ1n) is 4.64. The second-order valence-electron chi connectivity index (χ2n) is 3.26. The van der Waals surface area contributed by atoms with Gasteiger partial charge in [0.1, 0.15) is 12.7 Å². The zero-order valence-electron chi connectivity index (χ0n) is 8.01. The van der Waals surface area contributed by atoms with Crippen molar-refractivity contribution in [2.45, 2.75) is 6.10 Å². The van der Waals surface area contributed by atoms with E-state index in [-0.39, 0.29) is 12.7 Å². The highest BCUT2D eigenvalue weighted by Gasteiger charge is 2.24. The first kappa shape index (κ1) is 9.86. The van der Waals surface area contributed by atoms with Gasteiger partial charge in [-0.2, -0.15) is 0 Å². The largest absolute Gasteiger partial charge is 0.459 e. The molecule has 4 nitrogen and oxygen atoms in total. The first-order chi connectivity index (χ1) is 7.31. The summed E-state index contributed by atoms with van der Waals surface area (Å²) in [7, 11) is 0. The summed E-state index contributed by atoms with van der Waals surface area (Å²) < 4.78 is 9.88. The standard InChI is InChI=1S/C11H10O4/c12-5-8-3-1-2-4-10(8)11(13)15-7-9-6-14-9/h1-5,9H,6-7H2. The van der Waals surface area contributed by atoms with Crippen LogP contribution in [0.25, 0.3) is 0 Å². The molecule has 0 spiro atoms. The highest BCUT2D eigenvalue weighted by Crippen LogP contribution is 2.12. The van der Waals surface area contributed by atoms with Crippen LogP contribution in [0.5, 0.6) is 0 Å². The van der Waals surface area contributed by atoms with Crippen LogP contribution in [0, 0.1) is 0 Å². The Kier molecular flexibility index (Phi) is 2.78. The van der Waals surface area contributed by atoms with Gasteiger partial charge < -0.3 is 9.47 Å². The molecule has 1 unspecified atom stereocenters. The monoisotopic (exact) mass is 206 g/mol. The fourth-order valence-electron chi connectivity index (χ4n) is 1.20. The Morgan fingerprint density at radius 1 is 1.53 bits per heavy atom. The van der Waals surface area contributed by atoms with Gasteiger partial charge in [0.05, 0.1) is 12.2 Å². The average Bonchev–Trinajstić information content (AvgIpc) is 3.09. The molecular formula is C11H10O4. The average molecular weight is 206 g/mol. The Morgan fingerprint density at radius 2 is 2.27 bits per heavy atom. The third kappa shape index (κ3) is 2.41. The molecular weight excluding hydrogens is 196 g/mol. The van der Waals surface area contributed by atoms with Crippen molar-refractivity contribution in [1.29, 1.82) is 0 Å². The van der Waals surface area contributed by atoms with Crippen LogP contribution in [0.2, 0.25) is 0 Å². The molecule has 1 fully saturated rings. The van der Waals surface area contributed by atoms with Crippen LogP contribution in [0.1, 0.15) is 20.7 Å². The summed E-state index contributed by atoms with van der Waals surface area (Å²) >= 11 is 0. The van der Waals surface area contributed by atoms with Crippen molar-refractivity contribution < 1.29 is 19.1 Å². The molecule has 0 bridgehead atoms. The maximum atomic E-state index is 11.5. The van der Waals surface area contributed by atoms with Gasteiger partial charge in [0.15, 0.2) is 6.29 Å². The molecule has 0 aromatic heterocycles. The SMILES string of the molecule is O=Cc1ccccc1C(=O)OCC1CO1. The minimum absolute atomic E-state index is 0.0392. The molecule has 1 atom stereocenters. The van der Waals surface area contributed by atoms with Crippen LogP contribution in [0.15, 0.2) is 24.3 Å². The molecule has 0 radical (unpaired) electrons. The smallest absolute Gasteiger partial charge is 0.338 e. The van der Waals surface area contributed by atoms with Gasteiger partial charge in [-0.3, -0.25) is 4.79 Å². The number of carbonyl (C=O) groups excluding carboxylic acids is 2. The molecule has 1 aromatic rings. The number of esters is 1. The number of hydrogen-bond acceptors (Lipinski definition) is 4. The molecule has 4 heteroatoms. The van der Waals surface area contributed by atoms with Gasteiger partial charge in [-0.1, -0.05) is 18.2 Å². The lowest BCUT2D eigenvalue weighted by atomic mass is 10.1. The molecule has 0 aliphatic carbocycles. The normalized spacial score (nSPS) is 18.3. The lowest BCUT2D eigenvalue weighted by Gasteiger charge is -2.04. The summed E-state index contributed by atoms with van der Waals surface area (Å²) in [6, 6.07) is 6.54. The van der Waals surface area contributed by atoms with E-state index in [0.717, 1.165) is 0 Å². The van der Waals surface area contributed by atoms with E-state index in [9.17, 15) is 9.59 Å². The summed E-state index contributed by atoms with van der Waals surface area (Å²) in [5, 5.41) is 0. The molecule has 0 saturated carbocycles. The van der Waals surface area contributed by atoms with E-state index in [1.165, 1.54) is 0 Å². The summed E-state index contributed by atoms with van der Waals surface area (Å²) in [4.78, 5) is 22.2. The van der Waals surface area contributed by atoms with Gasteiger partial charge in [0.2, 0.25) is 0 Å². The summed E-state index contributed by atoms with van der Waals surface area (Å²) in [5.41, 5.74) is 0.646. The van der Waals surface area contributed by atoms with Crippen LogP contribution >= 0.6 is 0 Å². The van der Waals surface area contributed by atoms with Crippen molar-refractivity contribution >= 4 is 12.3 Å². The lowest BCUT2D eigenvalue weighted by molar-refractivity contribution is 0.0475. The quantitative estimate of drug-likeness (QED) is 0.420. The molecule has 1 heterocycles. The van der Waals surface area contributed by atoms with Crippen molar-refractivity contribution in [3.63, 3.8) is 0 Å². The van der Waals surface area contributed by atoms with Crippen molar-refractivity contribution in [3.05, 3.63) is 35.4 Å². The lowest BCUT2D eigenvalue weighted by Crippen LogP contribution is -2.11. The van der Waals surface area contributed by atoms with Crippen LogP contribution in [-0.4, -0.2) is 31.6 Å². The maximum absolute atomic E-state index is 11.5. The van der Waals surface area contributed by atoms with Gasteiger partial charge in [-0.05, 0) is 6.07 Å². The van der Waals surface area contributed by atoms with Crippen molar-refractivity contribution in [2.24, 2.45) is 0 Å². The molecule has 2 rings (SSSR count). The Hall–Kier alpha value is -1.68. The minimum Gasteiger partial charge on any atom is -0.459 e. The van der Waals surface area contributed by atoms with E-state index in [1.807, 2.05) is 0 Å². The summed E-state index contributed by atoms with van der Waals surface area (Å²) in [5.74, 6) is -0.479. The van der Waals surface area contributed by atoms with Gasteiger partial charge in [-0.15, -0.1) is 0 Å². The Balaban J connectivity index is 2.05. The Morgan fingerprint density at radius 3 is 2.93 bits per heavy atom. The van der Waals surface area contributed by atoms with Gasteiger partial charge in [0.25, 0.3) is 0 Å². The van der Waals surface area contributed by atoms with Crippen molar-refractivity contribution in [2.75, 3.05) is 13.2 Å². The predicted molar refractivity (Wildman–Crippen MR) is 51.9 cm³/mol. The van der Waals surface area contributed by atoms with Gasteiger partial charge in [0, 0.05) is 5.56 Å². The molecule has 1 aliphatic heterocycles. The zero-order valence-corrected chi connectivity index (χ0v) is 8.01. The van der Waals surface area contributed by atoms with E-state index in [4.69, 9.17) is 9.47 Å². The minimum atomic E-state index is -0.479. The molecule has 0 N–H and O–H groups in total. The first-order valence-corrected chi connectivity index (χ1v) is 4.64. The number of hydrogen-bond donors (Lipinski definition) is 0. The Bertz CT molecular complexity index is 382. The van der Waals surface area contributed by atoms with E-state index in [2.05, 4.69) is 0 Å². The molecule has 78 valence electrons. The second-order valence-corrected chi connectivity index (χ2v) is 3.26. The van der Waals surface area contributed by atoms with Crippen molar-refractivity contribution in [1.82, 2.24) is 0 Å². The number of epoxide rings is 1. The van der Waals surface area contributed by atoms with Crippen LogP contribution in [0.4, 0.5) is 0 Å². The van der Waals surface area contributed by atoms with E-state index >= 15 is 0 Å². The van der Waals surface area contributed by atoms with E-state index in [1.54, 1.807) is 24.3 Å². The van der Waals surface area contributed by atoms with Gasteiger partial charge >= 0.3 is 5.97 Å². The second kappa shape index (κ2) is 4.23. The summed E-state index contributed by atoms with van der Waals surface area (Å²) in [6.07, 6.45) is 0.682.